The number of carbonyl (C=O) groups excluding carboxylic acids is 1. The molecule has 3 rings (SSSR count). The fourth-order valence-electron chi connectivity index (χ4n) is 3.05. The van der Waals surface area contributed by atoms with E-state index in [0.717, 1.165) is 41.8 Å². The molecule has 0 amide bonds. The topological polar surface area (TPSA) is 42.3 Å². The van der Waals surface area contributed by atoms with Crippen LogP contribution in [0.4, 0.5) is 0 Å². The quantitative estimate of drug-likeness (QED) is 0.596. The molecule has 4 heteroatoms. The summed E-state index contributed by atoms with van der Waals surface area (Å²) in [5.74, 6) is 0. The van der Waals surface area contributed by atoms with Gasteiger partial charge in [0.1, 0.15) is 0 Å². The lowest BCUT2D eigenvalue weighted by Gasteiger charge is -2.22. The molecule has 0 saturated heterocycles. The maximum absolute atomic E-state index is 10.8. The summed E-state index contributed by atoms with van der Waals surface area (Å²) in [5, 5.41) is 1.15. The third-order valence-electron chi connectivity index (χ3n) is 4.26. The van der Waals surface area contributed by atoms with E-state index in [1.54, 1.807) is 17.4 Å². The number of nitrogens with zero attached hydrogens (tertiary/aromatic N) is 2. The highest BCUT2D eigenvalue weighted by atomic mass is 32.1. The third-order valence-corrected chi connectivity index (χ3v) is 5.72. The molecule has 0 N–H and O–H groups in total. The van der Waals surface area contributed by atoms with Gasteiger partial charge in [-0.05, 0) is 30.5 Å². The molecule has 0 unspecified atom stereocenters. The van der Waals surface area contributed by atoms with Gasteiger partial charge in [-0.3, -0.25) is 0 Å². The maximum atomic E-state index is 10.8. The number of thiazole rings is 1. The summed E-state index contributed by atoms with van der Waals surface area (Å²) in [4.78, 5) is 19.8. The SMILES string of the molecule is CC(C)(C)c1nc2cc(C3(N=C=O)CCCC3)ccc2s1. The van der Waals surface area contributed by atoms with Crippen molar-refractivity contribution in [1.29, 1.82) is 0 Å². The van der Waals surface area contributed by atoms with E-state index in [-0.39, 0.29) is 11.0 Å². The minimum absolute atomic E-state index is 0.0653. The molecule has 1 saturated carbocycles. The Balaban J connectivity index is 2.10. The average Bonchev–Trinajstić information content (AvgIpc) is 3.04. The second-order valence-electron chi connectivity index (χ2n) is 6.89. The number of aliphatic imine (C=N–C) groups is 1. The van der Waals surface area contributed by atoms with Crippen molar-refractivity contribution in [2.75, 3.05) is 0 Å². The fraction of sp³-hybridized carbons (Fsp3) is 0.529. The zero-order chi connectivity index (χ0) is 15.1. The van der Waals surface area contributed by atoms with Gasteiger partial charge in [-0.1, -0.05) is 39.7 Å². The van der Waals surface area contributed by atoms with Crippen molar-refractivity contribution in [1.82, 2.24) is 4.98 Å². The molecule has 0 atom stereocenters. The Hall–Kier alpha value is -1.51. The van der Waals surface area contributed by atoms with E-state index in [0.29, 0.717) is 0 Å². The van der Waals surface area contributed by atoms with Crippen molar-refractivity contribution in [2.45, 2.75) is 57.4 Å². The molecule has 1 heterocycles. The minimum atomic E-state index is -0.360. The highest BCUT2D eigenvalue weighted by Gasteiger charge is 2.36. The Kier molecular flexibility index (Phi) is 3.46. The highest BCUT2D eigenvalue weighted by molar-refractivity contribution is 7.18. The second-order valence-corrected chi connectivity index (χ2v) is 7.92. The number of aromatic nitrogens is 1. The Morgan fingerprint density at radius 1 is 1.29 bits per heavy atom. The molecule has 21 heavy (non-hydrogen) atoms. The summed E-state index contributed by atoms with van der Waals surface area (Å²) in [6, 6.07) is 6.35. The van der Waals surface area contributed by atoms with Crippen LogP contribution in [-0.2, 0) is 15.7 Å². The van der Waals surface area contributed by atoms with Crippen LogP contribution in [-0.4, -0.2) is 11.1 Å². The average molecular weight is 300 g/mol. The molecule has 1 aromatic carbocycles. The fourth-order valence-corrected chi connectivity index (χ4v) is 4.05. The summed E-state index contributed by atoms with van der Waals surface area (Å²) < 4.78 is 1.20. The van der Waals surface area contributed by atoms with Crippen LogP contribution in [0.25, 0.3) is 10.2 Å². The van der Waals surface area contributed by atoms with Crippen LogP contribution >= 0.6 is 11.3 Å². The van der Waals surface area contributed by atoms with Gasteiger partial charge in [0.2, 0.25) is 6.08 Å². The summed E-state index contributed by atoms with van der Waals surface area (Å²) in [5.41, 5.74) is 1.84. The van der Waals surface area contributed by atoms with E-state index in [1.807, 2.05) is 0 Å². The predicted molar refractivity (Wildman–Crippen MR) is 86.6 cm³/mol. The standard InChI is InChI=1S/C17H20N2OS/c1-16(2,3)15-19-13-10-12(6-7-14(13)21-15)17(18-11-20)8-4-5-9-17/h6-7,10H,4-5,8-9H2,1-3H3. The molecule has 0 radical (unpaired) electrons. The molecule has 3 nitrogen and oxygen atoms in total. The van der Waals surface area contributed by atoms with E-state index in [4.69, 9.17) is 4.98 Å². The molecule has 1 aliphatic rings. The van der Waals surface area contributed by atoms with E-state index in [9.17, 15) is 4.79 Å². The zero-order valence-electron chi connectivity index (χ0n) is 12.8. The Morgan fingerprint density at radius 2 is 2.00 bits per heavy atom. The van der Waals surface area contributed by atoms with Crippen molar-refractivity contribution in [3.05, 3.63) is 28.8 Å². The number of benzene rings is 1. The molecule has 2 aromatic rings. The normalized spacial score (nSPS) is 17.9. The first-order valence-corrected chi connectivity index (χ1v) is 8.27. The lowest BCUT2D eigenvalue weighted by molar-refractivity contribution is 0.456. The first-order valence-electron chi connectivity index (χ1n) is 7.45. The molecule has 0 spiro atoms. The van der Waals surface area contributed by atoms with Crippen LogP contribution in [0.3, 0.4) is 0 Å². The van der Waals surface area contributed by atoms with Gasteiger partial charge in [-0.2, -0.15) is 4.99 Å². The number of isocyanates is 1. The van der Waals surface area contributed by atoms with Gasteiger partial charge in [0.25, 0.3) is 0 Å². The van der Waals surface area contributed by atoms with Gasteiger partial charge >= 0.3 is 0 Å². The van der Waals surface area contributed by atoms with Gasteiger partial charge in [-0.15, -0.1) is 11.3 Å². The van der Waals surface area contributed by atoms with E-state index in [2.05, 4.69) is 44.0 Å². The third kappa shape index (κ3) is 2.54. The van der Waals surface area contributed by atoms with Gasteiger partial charge in [-0.25, -0.2) is 9.78 Å². The summed E-state index contributed by atoms with van der Waals surface area (Å²) in [6.07, 6.45) is 5.89. The molecule has 1 fully saturated rings. The Bertz CT molecular complexity index is 714. The Labute approximate surface area is 129 Å². The summed E-state index contributed by atoms with van der Waals surface area (Å²) in [6.45, 7) is 6.54. The van der Waals surface area contributed by atoms with E-state index < -0.39 is 0 Å². The van der Waals surface area contributed by atoms with Gasteiger partial charge < -0.3 is 0 Å². The van der Waals surface area contributed by atoms with E-state index in [1.165, 1.54) is 4.70 Å². The Morgan fingerprint density at radius 3 is 2.62 bits per heavy atom. The van der Waals surface area contributed by atoms with Gasteiger partial charge in [0, 0.05) is 5.41 Å². The number of hydrogen-bond donors (Lipinski definition) is 0. The van der Waals surface area contributed by atoms with Crippen LogP contribution in [0.2, 0.25) is 0 Å². The largest absolute Gasteiger partial charge is 0.241 e. The van der Waals surface area contributed by atoms with Crippen LogP contribution in [0.1, 0.15) is 57.0 Å². The molecule has 1 aliphatic carbocycles. The van der Waals surface area contributed by atoms with Crippen LogP contribution < -0.4 is 0 Å². The number of hydrogen-bond acceptors (Lipinski definition) is 4. The zero-order valence-corrected chi connectivity index (χ0v) is 13.6. The lowest BCUT2D eigenvalue weighted by Crippen LogP contribution is -2.18. The van der Waals surface area contributed by atoms with Crippen LogP contribution in [0.5, 0.6) is 0 Å². The van der Waals surface area contributed by atoms with Crippen molar-refractivity contribution in [3.63, 3.8) is 0 Å². The van der Waals surface area contributed by atoms with Crippen molar-refractivity contribution in [3.8, 4) is 0 Å². The monoisotopic (exact) mass is 300 g/mol. The first kappa shape index (κ1) is 14.4. The van der Waals surface area contributed by atoms with Gasteiger partial charge in [0.05, 0.1) is 20.8 Å². The van der Waals surface area contributed by atoms with Crippen molar-refractivity contribution < 1.29 is 4.79 Å². The molecular weight excluding hydrogens is 280 g/mol. The number of rotatable bonds is 2. The molecule has 0 aliphatic heterocycles. The second kappa shape index (κ2) is 5.04. The van der Waals surface area contributed by atoms with Crippen LogP contribution in [0.15, 0.2) is 23.2 Å². The molecule has 110 valence electrons. The van der Waals surface area contributed by atoms with Gasteiger partial charge in [0.15, 0.2) is 0 Å². The van der Waals surface area contributed by atoms with Crippen molar-refractivity contribution in [2.24, 2.45) is 4.99 Å². The number of fused-ring (bicyclic) bond motifs is 1. The van der Waals surface area contributed by atoms with E-state index >= 15 is 0 Å². The smallest absolute Gasteiger partial charge is 0.235 e. The maximum Gasteiger partial charge on any atom is 0.235 e. The summed E-state index contributed by atoms with van der Waals surface area (Å²) in [7, 11) is 0. The molecule has 1 aromatic heterocycles. The predicted octanol–water partition coefficient (Wildman–Crippen LogP) is 4.70. The first-order chi connectivity index (χ1) is 9.94. The molecular formula is C17H20N2OS. The summed E-state index contributed by atoms with van der Waals surface area (Å²) >= 11 is 1.75. The minimum Gasteiger partial charge on any atom is -0.241 e. The highest BCUT2D eigenvalue weighted by Crippen LogP contribution is 2.43. The van der Waals surface area contributed by atoms with Crippen molar-refractivity contribution >= 4 is 27.6 Å². The van der Waals surface area contributed by atoms with Crippen LogP contribution in [0, 0.1) is 0 Å². The molecule has 0 bridgehead atoms. The lowest BCUT2D eigenvalue weighted by atomic mass is 9.89.